The third-order valence-electron chi connectivity index (χ3n) is 2.01. The third-order valence-corrected chi connectivity index (χ3v) is 2.01. The lowest BCUT2D eigenvalue weighted by molar-refractivity contribution is -0.137. The van der Waals surface area contributed by atoms with Gasteiger partial charge in [0.05, 0.1) is 5.56 Å². The lowest BCUT2D eigenvalue weighted by Crippen LogP contribution is -2.27. The molecule has 0 atom stereocenters. The molecule has 2 N–H and O–H groups in total. The number of pyridine rings is 1. The van der Waals surface area contributed by atoms with Crippen LogP contribution in [0.4, 0.5) is 0 Å². The van der Waals surface area contributed by atoms with E-state index in [4.69, 9.17) is 5.11 Å². The topological polar surface area (TPSA) is 79.5 Å². The van der Waals surface area contributed by atoms with Gasteiger partial charge in [0.2, 0.25) is 0 Å². The molecule has 0 radical (unpaired) electrons. The van der Waals surface area contributed by atoms with Crippen molar-refractivity contribution in [2.45, 2.75) is 20.4 Å². The van der Waals surface area contributed by atoms with E-state index in [1.54, 1.807) is 6.92 Å². The van der Waals surface area contributed by atoms with Gasteiger partial charge in [-0.1, -0.05) is 0 Å². The van der Waals surface area contributed by atoms with E-state index < -0.39 is 11.5 Å². The van der Waals surface area contributed by atoms with Crippen LogP contribution in [-0.2, 0) is 11.3 Å². The summed E-state index contributed by atoms with van der Waals surface area (Å²) in [6.07, 6.45) is 0. The lowest BCUT2D eigenvalue weighted by Gasteiger charge is -2.09. The summed E-state index contributed by atoms with van der Waals surface area (Å²) in [5.41, 5.74) is 0.127. The van der Waals surface area contributed by atoms with Crippen molar-refractivity contribution in [3.63, 3.8) is 0 Å². The molecule has 0 aromatic carbocycles. The Labute approximate surface area is 80.2 Å². The fourth-order valence-corrected chi connectivity index (χ4v) is 1.19. The van der Waals surface area contributed by atoms with Crippen LogP contribution in [0, 0.1) is 13.8 Å². The molecule has 1 aromatic heterocycles. The van der Waals surface area contributed by atoms with Crippen molar-refractivity contribution in [2.24, 2.45) is 0 Å². The summed E-state index contributed by atoms with van der Waals surface area (Å²) in [5.74, 6) is -1.19. The smallest absolute Gasteiger partial charge is 0.323 e. The van der Waals surface area contributed by atoms with Crippen LogP contribution in [0.2, 0.25) is 0 Å². The molecule has 0 fully saturated rings. The standard InChI is InChI=1S/C9H11NO4/c1-5-3-7(11)6(2)9(14)10(5)4-8(12)13/h3,11H,4H2,1-2H3,(H,12,13). The molecule has 0 spiro atoms. The highest BCUT2D eigenvalue weighted by Gasteiger charge is 2.10. The Balaban J connectivity index is 3.37. The maximum absolute atomic E-state index is 11.5. The number of carboxylic acid groups (broad SMARTS) is 1. The van der Waals surface area contributed by atoms with E-state index in [1.165, 1.54) is 13.0 Å². The van der Waals surface area contributed by atoms with Crippen LogP contribution >= 0.6 is 0 Å². The van der Waals surface area contributed by atoms with Crippen molar-refractivity contribution in [1.29, 1.82) is 0 Å². The number of hydrogen-bond acceptors (Lipinski definition) is 3. The average molecular weight is 197 g/mol. The molecular weight excluding hydrogens is 186 g/mol. The number of carboxylic acids is 1. The molecule has 0 amide bonds. The van der Waals surface area contributed by atoms with Crippen LogP contribution in [0.25, 0.3) is 0 Å². The molecule has 76 valence electrons. The van der Waals surface area contributed by atoms with Gasteiger partial charge >= 0.3 is 5.97 Å². The first-order valence-corrected chi connectivity index (χ1v) is 4.05. The van der Waals surface area contributed by atoms with Crippen molar-refractivity contribution in [2.75, 3.05) is 0 Å². The van der Waals surface area contributed by atoms with Crippen LogP contribution < -0.4 is 5.56 Å². The Morgan fingerprint density at radius 2 is 2.07 bits per heavy atom. The second-order valence-corrected chi connectivity index (χ2v) is 3.08. The number of hydrogen-bond donors (Lipinski definition) is 2. The first kappa shape index (κ1) is 10.3. The molecule has 0 bridgehead atoms. The Kier molecular flexibility index (Phi) is 2.60. The summed E-state index contributed by atoms with van der Waals surface area (Å²) in [7, 11) is 0. The largest absolute Gasteiger partial charge is 0.507 e. The lowest BCUT2D eigenvalue weighted by atomic mass is 10.2. The molecule has 5 heteroatoms. The minimum absolute atomic E-state index is 0.103. The predicted octanol–water partition coefficient (Wildman–Crippen LogP) is 0.255. The quantitative estimate of drug-likeness (QED) is 0.712. The zero-order valence-electron chi connectivity index (χ0n) is 7.94. The van der Waals surface area contributed by atoms with Gasteiger partial charge in [0.15, 0.2) is 0 Å². The molecule has 1 aromatic rings. The molecular formula is C9H11NO4. The van der Waals surface area contributed by atoms with Gasteiger partial charge in [0.25, 0.3) is 5.56 Å². The van der Waals surface area contributed by atoms with Crippen LogP contribution in [-0.4, -0.2) is 20.7 Å². The number of aliphatic carboxylic acids is 1. The highest BCUT2D eigenvalue weighted by Crippen LogP contribution is 2.12. The Morgan fingerprint density at radius 3 is 2.57 bits per heavy atom. The van der Waals surface area contributed by atoms with E-state index >= 15 is 0 Å². The van der Waals surface area contributed by atoms with Crippen LogP contribution in [0.1, 0.15) is 11.3 Å². The zero-order chi connectivity index (χ0) is 10.9. The molecule has 0 unspecified atom stereocenters. The van der Waals surface area contributed by atoms with Crippen molar-refractivity contribution in [3.8, 4) is 5.75 Å². The predicted molar refractivity (Wildman–Crippen MR) is 49.5 cm³/mol. The monoisotopic (exact) mass is 197 g/mol. The van der Waals surface area contributed by atoms with E-state index in [9.17, 15) is 14.7 Å². The summed E-state index contributed by atoms with van der Waals surface area (Å²) >= 11 is 0. The third kappa shape index (κ3) is 1.76. The summed E-state index contributed by atoms with van der Waals surface area (Å²) in [6.45, 7) is 2.64. The minimum Gasteiger partial charge on any atom is -0.507 e. The van der Waals surface area contributed by atoms with E-state index in [0.29, 0.717) is 5.69 Å². The summed E-state index contributed by atoms with van der Waals surface area (Å²) in [6, 6.07) is 1.37. The first-order chi connectivity index (χ1) is 6.43. The average Bonchev–Trinajstić information content (AvgIpc) is 2.09. The fourth-order valence-electron chi connectivity index (χ4n) is 1.19. The van der Waals surface area contributed by atoms with Crippen LogP contribution in [0.15, 0.2) is 10.9 Å². The zero-order valence-corrected chi connectivity index (χ0v) is 7.94. The highest BCUT2D eigenvalue weighted by molar-refractivity contribution is 5.66. The van der Waals surface area contributed by atoms with Crippen molar-refractivity contribution < 1.29 is 15.0 Å². The normalized spacial score (nSPS) is 10.1. The van der Waals surface area contributed by atoms with Gasteiger partial charge < -0.3 is 14.8 Å². The van der Waals surface area contributed by atoms with Crippen molar-refractivity contribution in [1.82, 2.24) is 4.57 Å². The molecule has 0 aliphatic rings. The summed E-state index contributed by atoms with van der Waals surface area (Å²) in [5, 5.41) is 17.8. The number of aromatic hydroxyl groups is 1. The van der Waals surface area contributed by atoms with Gasteiger partial charge in [-0.2, -0.15) is 0 Å². The number of aryl methyl sites for hydroxylation is 1. The summed E-state index contributed by atoms with van der Waals surface area (Å²) in [4.78, 5) is 21.9. The van der Waals surface area contributed by atoms with Crippen molar-refractivity contribution in [3.05, 3.63) is 27.7 Å². The molecule has 1 rings (SSSR count). The molecule has 1 heterocycles. The molecule has 0 saturated carbocycles. The molecule has 5 nitrogen and oxygen atoms in total. The van der Waals surface area contributed by atoms with Gasteiger partial charge in [-0.15, -0.1) is 0 Å². The second kappa shape index (κ2) is 3.53. The Morgan fingerprint density at radius 1 is 1.50 bits per heavy atom. The van der Waals surface area contributed by atoms with E-state index in [2.05, 4.69) is 0 Å². The van der Waals surface area contributed by atoms with E-state index in [-0.39, 0.29) is 17.9 Å². The summed E-state index contributed by atoms with van der Waals surface area (Å²) < 4.78 is 1.11. The number of rotatable bonds is 2. The van der Waals surface area contributed by atoms with Gasteiger partial charge in [0, 0.05) is 5.69 Å². The minimum atomic E-state index is -1.08. The van der Waals surface area contributed by atoms with E-state index in [1.807, 2.05) is 0 Å². The number of carbonyl (C=O) groups is 1. The van der Waals surface area contributed by atoms with Crippen LogP contribution in [0.5, 0.6) is 5.75 Å². The van der Waals surface area contributed by atoms with Crippen LogP contribution in [0.3, 0.4) is 0 Å². The first-order valence-electron chi connectivity index (χ1n) is 4.05. The Bertz CT molecular complexity index is 433. The maximum atomic E-state index is 11.5. The second-order valence-electron chi connectivity index (χ2n) is 3.08. The number of nitrogens with zero attached hydrogens (tertiary/aromatic N) is 1. The van der Waals surface area contributed by atoms with Crippen molar-refractivity contribution >= 4 is 5.97 Å². The highest BCUT2D eigenvalue weighted by atomic mass is 16.4. The maximum Gasteiger partial charge on any atom is 0.323 e. The van der Waals surface area contributed by atoms with Gasteiger partial charge in [-0.3, -0.25) is 9.59 Å². The fraction of sp³-hybridized carbons (Fsp3) is 0.333. The molecule has 0 saturated heterocycles. The SMILES string of the molecule is Cc1c(O)cc(C)n(CC(=O)O)c1=O. The van der Waals surface area contributed by atoms with E-state index in [0.717, 1.165) is 4.57 Å². The molecule has 0 aliphatic heterocycles. The Hall–Kier alpha value is -1.78. The number of aromatic nitrogens is 1. The van der Waals surface area contributed by atoms with Gasteiger partial charge in [0.1, 0.15) is 12.3 Å². The molecule has 0 aliphatic carbocycles. The molecule has 14 heavy (non-hydrogen) atoms. The van der Waals surface area contributed by atoms with Gasteiger partial charge in [-0.25, -0.2) is 0 Å². The van der Waals surface area contributed by atoms with Gasteiger partial charge in [-0.05, 0) is 19.9 Å².